The standard InChI is InChI=1S/C14H12F3NO3/c1-3-4-11(13(20)21-2)18-12(19)9-5-7-10(8-6-9)14(15,16)17/h1,5-8,11H,4H2,2H3,(H,18,19)/t11-/m1/s1. The number of carbonyl (C=O) groups is 2. The molecule has 1 atom stereocenters. The van der Waals surface area contributed by atoms with E-state index in [2.05, 4.69) is 16.0 Å². The Morgan fingerprint density at radius 2 is 1.90 bits per heavy atom. The molecule has 1 amide bonds. The fourth-order valence-electron chi connectivity index (χ4n) is 1.51. The predicted octanol–water partition coefficient (Wildman–Crippen LogP) is 2.00. The highest BCUT2D eigenvalue weighted by Gasteiger charge is 2.30. The van der Waals surface area contributed by atoms with Crippen LogP contribution in [0.15, 0.2) is 24.3 Å². The number of methoxy groups -OCH3 is 1. The summed E-state index contributed by atoms with van der Waals surface area (Å²) in [5.74, 6) is 0.762. The molecule has 0 aliphatic heterocycles. The molecule has 4 nitrogen and oxygen atoms in total. The second-order valence-electron chi connectivity index (χ2n) is 4.03. The van der Waals surface area contributed by atoms with Crippen molar-refractivity contribution in [1.82, 2.24) is 5.32 Å². The van der Waals surface area contributed by atoms with Gasteiger partial charge in [0.2, 0.25) is 0 Å². The summed E-state index contributed by atoms with van der Waals surface area (Å²) in [6, 6.07) is 2.55. The highest BCUT2D eigenvalue weighted by Crippen LogP contribution is 2.29. The minimum Gasteiger partial charge on any atom is -0.467 e. The summed E-state index contributed by atoms with van der Waals surface area (Å²) in [5, 5.41) is 2.31. The van der Waals surface area contributed by atoms with E-state index >= 15 is 0 Å². The van der Waals surface area contributed by atoms with Crippen LogP contribution in [0.2, 0.25) is 0 Å². The van der Waals surface area contributed by atoms with Gasteiger partial charge in [0.15, 0.2) is 0 Å². The van der Waals surface area contributed by atoms with Gasteiger partial charge in [0.25, 0.3) is 5.91 Å². The lowest BCUT2D eigenvalue weighted by Crippen LogP contribution is -2.41. The van der Waals surface area contributed by atoms with Crippen molar-refractivity contribution in [3.63, 3.8) is 0 Å². The summed E-state index contributed by atoms with van der Waals surface area (Å²) in [6.07, 6.45) is 0.507. The van der Waals surface area contributed by atoms with Gasteiger partial charge in [-0.15, -0.1) is 12.3 Å². The normalized spacial score (nSPS) is 12.1. The van der Waals surface area contributed by atoms with Crippen LogP contribution in [0.25, 0.3) is 0 Å². The Morgan fingerprint density at radius 1 is 1.33 bits per heavy atom. The molecule has 0 radical (unpaired) electrons. The highest BCUT2D eigenvalue weighted by atomic mass is 19.4. The van der Waals surface area contributed by atoms with Crippen LogP contribution in [0.4, 0.5) is 13.2 Å². The summed E-state index contributed by atoms with van der Waals surface area (Å²) >= 11 is 0. The molecule has 0 aliphatic rings. The Bertz CT molecular complexity index is 558. The van der Waals surface area contributed by atoms with Crippen molar-refractivity contribution < 1.29 is 27.5 Å². The molecule has 0 bridgehead atoms. The van der Waals surface area contributed by atoms with E-state index in [1.165, 1.54) is 0 Å². The van der Waals surface area contributed by atoms with Crippen LogP contribution in [-0.2, 0) is 15.7 Å². The van der Waals surface area contributed by atoms with Crippen LogP contribution in [0.1, 0.15) is 22.3 Å². The average Bonchev–Trinajstić information content (AvgIpc) is 2.45. The van der Waals surface area contributed by atoms with E-state index < -0.39 is 29.7 Å². The summed E-state index contributed by atoms with van der Waals surface area (Å²) in [5.41, 5.74) is -0.888. The van der Waals surface area contributed by atoms with Gasteiger partial charge in [0, 0.05) is 12.0 Å². The second-order valence-corrected chi connectivity index (χ2v) is 4.03. The number of ether oxygens (including phenoxy) is 1. The maximum Gasteiger partial charge on any atom is 0.416 e. The Labute approximate surface area is 119 Å². The van der Waals surface area contributed by atoms with E-state index in [0.717, 1.165) is 31.4 Å². The molecular formula is C14H12F3NO3. The molecule has 0 saturated heterocycles. The molecule has 0 saturated carbocycles. The van der Waals surface area contributed by atoms with Gasteiger partial charge in [-0.2, -0.15) is 13.2 Å². The van der Waals surface area contributed by atoms with Crippen molar-refractivity contribution in [3.8, 4) is 12.3 Å². The maximum atomic E-state index is 12.4. The minimum atomic E-state index is -4.48. The second kappa shape index (κ2) is 6.79. The lowest BCUT2D eigenvalue weighted by molar-refractivity contribution is -0.142. The number of hydrogen-bond donors (Lipinski definition) is 1. The Balaban J connectivity index is 2.84. The third-order valence-electron chi connectivity index (χ3n) is 2.59. The molecule has 7 heteroatoms. The molecule has 0 aromatic heterocycles. The first-order chi connectivity index (χ1) is 9.79. The number of benzene rings is 1. The zero-order valence-corrected chi connectivity index (χ0v) is 11.0. The first-order valence-corrected chi connectivity index (χ1v) is 5.79. The van der Waals surface area contributed by atoms with E-state index in [-0.39, 0.29) is 12.0 Å². The Hall–Kier alpha value is -2.49. The molecule has 112 valence electrons. The number of rotatable bonds is 4. The monoisotopic (exact) mass is 299 g/mol. The van der Waals surface area contributed by atoms with E-state index in [4.69, 9.17) is 6.42 Å². The molecule has 0 fully saturated rings. The third-order valence-corrected chi connectivity index (χ3v) is 2.59. The van der Waals surface area contributed by atoms with Crippen molar-refractivity contribution >= 4 is 11.9 Å². The van der Waals surface area contributed by atoms with Crippen molar-refractivity contribution in [2.75, 3.05) is 7.11 Å². The first-order valence-electron chi connectivity index (χ1n) is 5.79. The van der Waals surface area contributed by atoms with E-state index in [9.17, 15) is 22.8 Å². The highest BCUT2D eigenvalue weighted by molar-refractivity contribution is 5.96. The van der Waals surface area contributed by atoms with Crippen LogP contribution in [-0.4, -0.2) is 25.0 Å². The number of hydrogen-bond acceptors (Lipinski definition) is 3. The molecule has 1 aromatic rings. The van der Waals surface area contributed by atoms with Crippen LogP contribution < -0.4 is 5.32 Å². The van der Waals surface area contributed by atoms with Gasteiger partial charge in [-0.3, -0.25) is 4.79 Å². The number of esters is 1. The first kappa shape index (κ1) is 16.6. The smallest absolute Gasteiger partial charge is 0.416 e. The molecule has 1 rings (SSSR count). The van der Waals surface area contributed by atoms with Crippen LogP contribution in [0.3, 0.4) is 0 Å². The number of amides is 1. The van der Waals surface area contributed by atoms with Gasteiger partial charge in [-0.05, 0) is 24.3 Å². The quantitative estimate of drug-likeness (QED) is 0.683. The summed E-state index contributed by atoms with van der Waals surface area (Å²) in [7, 11) is 1.14. The van der Waals surface area contributed by atoms with Gasteiger partial charge in [0.1, 0.15) is 6.04 Å². The SMILES string of the molecule is C#CC[C@@H](NC(=O)c1ccc(C(F)(F)F)cc1)C(=O)OC. The molecule has 0 spiro atoms. The molecule has 21 heavy (non-hydrogen) atoms. The van der Waals surface area contributed by atoms with Gasteiger partial charge in [0.05, 0.1) is 12.7 Å². The van der Waals surface area contributed by atoms with E-state index in [1.54, 1.807) is 0 Å². The van der Waals surface area contributed by atoms with Crippen molar-refractivity contribution in [2.24, 2.45) is 0 Å². The molecule has 0 aliphatic carbocycles. The third kappa shape index (κ3) is 4.53. The van der Waals surface area contributed by atoms with Crippen LogP contribution in [0, 0.1) is 12.3 Å². The largest absolute Gasteiger partial charge is 0.467 e. The molecule has 1 aromatic carbocycles. The van der Waals surface area contributed by atoms with Gasteiger partial charge < -0.3 is 10.1 Å². The van der Waals surface area contributed by atoms with Gasteiger partial charge >= 0.3 is 12.1 Å². The lowest BCUT2D eigenvalue weighted by atomic mass is 10.1. The van der Waals surface area contributed by atoms with Gasteiger partial charge in [-0.1, -0.05) is 0 Å². The van der Waals surface area contributed by atoms with Gasteiger partial charge in [-0.25, -0.2) is 4.79 Å². The molecular weight excluding hydrogens is 287 g/mol. The number of nitrogens with one attached hydrogen (secondary N) is 1. The molecule has 1 N–H and O–H groups in total. The number of halogens is 3. The number of alkyl halides is 3. The molecule has 0 unspecified atom stereocenters. The Kier molecular flexibility index (Phi) is 5.36. The van der Waals surface area contributed by atoms with Crippen LogP contribution >= 0.6 is 0 Å². The minimum absolute atomic E-state index is 0.0195. The summed E-state index contributed by atoms with van der Waals surface area (Å²) < 4.78 is 41.7. The fourth-order valence-corrected chi connectivity index (χ4v) is 1.51. The van der Waals surface area contributed by atoms with Crippen molar-refractivity contribution in [2.45, 2.75) is 18.6 Å². The zero-order chi connectivity index (χ0) is 16.0. The zero-order valence-electron chi connectivity index (χ0n) is 11.0. The van der Waals surface area contributed by atoms with E-state index in [0.29, 0.717) is 0 Å². The van der Waals surface area contributed by atoms with E-state index in [1.807, 2.05) is 0 Å². The van der Waals surface area contributed by atoms with Crippen LogP contribution in [0.5, 0.6) is 0 Å². The predicted molar refractivity (Wildman–Crippen MR) is 68.2 cm³/mol. The maximum absolute atomic E-state index is 12.4. The Morgan fingerprint density at radius 3 is 2.33 bits per heavy atom. The number of terminal acetylenes is 1. The lowest BCUT2D eigenvalue weighted by Gasteiger charge is -2.14. The summed E-state index contributed by atoms with van der Waals surface area (Å²) in [6.45, 7) is 0. The van der Waals surface area contributed by atoms with Crippen molar-refractivity contribution in [3.05, 3.63) is 35.4 Å². The topological polar surface area (TPSA) is 55.4 Å². The fraction of sp³-hybridized carbons (Fsp3) is 0.286. The summed E-state index contributed by atoms with van der Waals surface area (Å²) in [4.78, 5) is 23.2. The average molecular weight is 299 g/mol. The molecule has 0 heterocycles. The number of carbonyl (C=O) groups excluding carboxylic acids is 2. The van der Waals surface area contributed by atoms with Crippen molar-refractivity contribution in [1.29, 1.82) is 0 Å².